The Balaban J connectivity index is 1.55. The van der Waals surface area contributed by atoms with Crippen molar-refractivity contribution in [3.8, 4) is 23.0 Å². The standard InChI is InChI=1S/C22H20O5/c1-2-6-15(7-3-1)27-21-10-20(25-13-16-11-23-16)18-8-4-5-9-19(18)22(21)26-14-17-12-24-17/h1-10,16-17H,11-14H2. The molecule has 2 saturated heterocycles. The lowest BCUT2D eigenvalue weighted by molar-refractivity contribution is 0.254. The Bertz CT molecular complexity index is 932. The maximum absolute atomic E-state index is 6.16. The number of hydrogen-bond acceptors (Lipinski definition) is 5. The normalized spacial score (nSPS) is 20.3. The molecule has 2 aliphatic heterocycles. The van der Waals surface area contributed by atoms with Crippen molar-refractivity contribution in [1.29, 1.82) is 0 Å². The maximum Gasteiger partial charge on any atom is 0.173 e. The number of ether oxygens (including phenoxy) is 5. The van der Waals surface area contributed by atoms with Crippen molar-refractivity contribution in [1.82, 2.24) is 0 Å². The molecule has 0 aliphatic carbocycles. The van der Waals surface area contributed by atoms with Crippen LogP contribution in [0.4, 0.5) is 0 Å². The predicted octanol–water partition coefficient (Wildman–Crippen LogP) is 4.19. The summed E-state index contributed by atoms with van der Waals surface area (Å²) in [5.74, 6) is 2.85. The topological polar surface area (TPSA) is 52.8 Å². The smallest absolute Gasteiger partial charge is 0.173 e. The van der Waals surface area contributed by atoms with E-state index in [1.54, 1.807) is 0 Å². The fourth-order valence-corrected chi connectivity index (χ4v) is 2.94. The summed E-state index contributed by atoms with van der Waals surface area (Å²) in [6.07, 6.45) is 0.349. The van der Waals surface area contributed by atoms with E-state index in [1.807, 2.05) is 60.7 Å². The van der Waals surface area contributed by atoms with Crippen molar-refractivity contribution in [3.63, 3.8) is 0 Å². The molecule has 5 nitrogen and oxygen atoms in total. The SMILES string of the molecule is c1ccc(Oc2cc(OCC3CO3)c3ccccc3c2OCC2CO2)cc1. The zero-order chi connectivity index (χ0) is 18.1. The summed E-state index contributed by atoms with van der Waals surface area (Å²) < 4.78 is 28.9. The third-order valence-electron chi connectivity index (χ3n) is 4.54. The van der Waals surface area contributed by atoms with Gasteiger partial charge in [-0.1, -0.05) is 42.5 Å². The van der Waals surface area contributed by atoms with Crippen LogP contribution in [0.15, 0.2) is 60.7 Å². The Morgan fingerprint density at radius 1 is 0.741 bits per heavy atom. The van der Waals surface area contributed by atoms with Gasteiger partial charge in [-0.25, -0.2) is 0 Å². The molecule has 0 saturated carbocycles. The van der Waals surface area contributed by atoms with E-state index >= 15 is 0 Å². The van der Waals surface area contributed by atoms with Gasteiger partial charge in [0, 0.05) is 16.8 Å². The summed E-state index contributed by atoms with van der Waals surface area (Å²) in [5, 5.41) is 1.95. The maximum atomic E-state index is 6.16. The van der Waals surface area contributed by atoms with Crippen LogP contribution in [0.2, 0.25) is 0 Å². The summed E-state index contributed by atoms with van der Waals surface area (Å²) in [5.41, 5.74) is 0. The molecule has 138 valence electrons. The van der Waals surface area contributed by atoms with E-state index in [9.17, 15) is 0 Å². The van der Waals surface area contributed by atoms with Crippen molar-refractivity contribution in [2.75, 3.05) is 26.4 Å². The molecule has 0 amide bonds. The quantitative estimate of drug-likeness (QED) is 0.561. The van der Waals surface area contributed by atoms with Crippen LogP contribution >= 0.6 is 0 Å². The molecule has 2 unspecified atom stereocenters. The summed E-state index contributed by atoms with van der Waals surface area (Å²) in [6, 6.07) is 19.6. The molecule has 2 atom stereocenters. The largest absolute Gasteiger partial charge is 0.490 e. The summed E-state index contributed by atoms with van der Waals surface area (Å²) in [4.78, 5) is 0. The highest BCUT2D eigenvalue weighted by atomic mass is 16.6. The molecular formula is C22H20O5. The van der Waals surface area contributed by atoms with E-state index in [0.29, 0.717) is 24.7 Å². The highest BCUT2D eigenvalue weighted by molar-refractivity contribution is 5.95. The Labute approximate surface area is 157 Å². The molecule has 2 heterocycles. The van der Waals surface area contributed by atoms with Gasteiger partial charge in [0.25, 0.3) is 0 Å². The van der Waals surface area contributed by atoms with E-state index in [4.69, 9.17) is 23.7 Å². The van der Waals surface area contributed by atoms with Gasteiger partial charge in [-0.15, -0.1) is 0 Å². The van der Waals surface area contributed by atoms with Crippen LogP contribution in [0.25, 0.3) is 10.8 Å². The van der Waals surface area contributed by atoms with Gasteiger partial charge in [0.2, 0.25) is 0 Å². The average molecular weight is 364 g/mol. The number of benzene rings is 3. The molecule has 3 aromatic carbocycles. The lowest BCUT2D eigenvalue weighted by atomic mass is 10.1. The molecular weight excluding hydrogens is 344 g/mol. The average Bonchev–Trinajstić information content (AvgIpc) is 3.61. The Morgan fingerprint density at radius 3 is 2.07 bits per heavy atom. The molecule has 0 radical (unpaired) electrons. The highest BCUT2D eigenvalue weighted by Gasteiger charge is 2.26. The van der Waals surface area contributed by atoms with Crippen LogP contribution < -0.4 is 14.2 Å². The minimum atomic E-state index is 0.163. The van der Waals surface area contributed by atoms with E-state index in [1.165, 1.54) is 0 Å². The first-order chi connectivity index (χ1) is 13.4. The first-order valence-corrected chi connectivity index (χ1v) is 9.14. The zero-order valence-electron chi connectivity index (χ0n) is 14.8. The number of epoxide rings is 2. The molecule has 5 heteroatoms. The van der Waals surface area contributed by atoms with Crippen LogP contribution in [0, 0.1) is 0 Å². The van der Waals surface area contributed by atoms with Crippen molar-refractivity contribution < 1.29 is 23.7 Å². The van der Waals surface area contributed by atoms with Gasteiger partial charge >= 0.3 is 0 Å². The van der Waals surface area contributed by atoms with Crippen molar-refractivity contribution in [2.24, 2.45) is 0 Å². The number of para-hydroxylation sites is 1. The van der Waals surface area contributed by atoms with Gasteiger partial charge in [-0.05, 0) is 12.1 Å². The number of hydrogen-bond donors (Lipinski definition) is 0. The van der Waals surface area contributed by atoms with Crippen LogP contribution in [0.1, 0.15) is 0 Å². The van der Waals surface area contributed by atoms with Gasteiger partial charge < -0.3 is 23.7 Å². The Hall–Kier alpha value is -2.76. The van der Waals surface area contributed by atoms with Gasteiger partial charge in [0.15, 0.2) is 11.5 Å². The van der Waals surface area contributed by atoms with Gasteiger partial charge in [0.1, 0.15) is 36.9 Å². The van der Waals surface area contributed by atoms with Gasteiger partial charge in [-0.2, -0.15) is 0 Å². The molecule has 2 fully saturated rings. The van der Waals surface area contributed by atoms with Crippen molar-refractivity contribution in [3.05, 3.63) is 60.7 Å². The summed E-state index contributed by atoms with van der Waals surface area (Å²) in [7, 11) is 0. The number of fused-ring (bicyclic) bond motifs is 1. The molecule has 0 bridgehead atoms. The van der Waals surface area contributed by atoms with Crippen LogP contribution in [-0.2, 0) is 9.47 Å². The fourth-order valence-electron chi connectivity index (χ4n) is 2.94. The molecule has 5 rings (SSSR count). The van der Waals surface area contributed by atoms with E-state index in [0.717, 1.165) is 35.5 Å². The minimum absolute atomic E-state index is 0.163. The fraction of sp³-hybridized carbons (Fsp3) is 0.273. The van der Waals surface area contributed by atoms with Crippen molar-refractivity contribution >= 4 is 10.8 Å². The second kappa shape index (κ2) is 7.10. The van der Waals surface area contributed by atoms with Crippen LogP contribution in [0.5, 0.6) is 23.0 Å². The lowest BCUT2D eigenvalue weighted by Gasteiger charge is -2.17. The third kappa shape index (κ3) is 3.84. The Kier molecular flexibility index (Phi) is 4.32. The minimum Gasteiger partial charge on any atom is -0.490 e. The van der Waals surface area contributed by atoms with E-state index in [2.05, 4.69) is 0 Å². The monoisotopic (exact) mass is 364 g/mol. The van der Waals surface area contributed by atoms with E-state index in [-0.39, 0.29) is 12.2 Å². The first kappa shape index (κ1) is 16.4. The molecule has 0 aromatic heterocycles. The first-order valence-electron chi connectivity index (χ1n) is 9.14. The van der Waals surface area contributed by atoms with Gasteiger partial charge in [0.05, 0.1) is 13.2 Å². The highest BCUT2D eigenvalue weighted by Crippen LogP contribution is 2.43. The van der Waals surface area contributed by atoms with Gasteiger partial charge in [-0.3, -0.25) is 0 Å². The second-order valence-corrected chi connectivity index (χ2v) is 6.70. The van der Waals surface area contributed by atoms with Crippen LogP contribution in [-0.4, -0.2) is 38.6 Å². The lowest BCUT2D eigenvalue weighted by Crippen LogP contribution is -2.07. The van der Waals surface area contributed by atoms with Crippen molar-refractivity contribution in [2.45, 2.75) is 12.2 Å². The third-order valence-corrected chi connectivity index (χ3v) is 4.54. The number of rotatable bonds is 8. The molecule has 27 heavy (non-hydrogen) atoms. The molecule has 0 spiro atoms. The summed E-state index contributed by atoms with van der Waals surface area (Å²) in [6.45, 7) is 2.54. The zero-order valence-corrected chi connectivity index (χ0v) is 14.8. The predicted molar refractivity (Wildman–Crippen MR) is 101 cm³/mol. The molecule has 0 N–H and O–H groups in total. The second-order valence-electron chi connectivity index (χ2n) is 6.70. The van der Waals surface area contributed by atoms with E-state index < -0.39 is 0 Å². The van der Waals surface area contributed by atoms with Crippen LogP contribution in [0.3, 0.4) is 0 Å². The Morgan fingerprint density at radius 2 is 1.37 bits per heavy atom. The summed E-state index contributed by atoms with van der Waals surface area (Å²) >= 11 is 0. The molecule has 3 aromatic rings. The molecule has 2 aliphatic rings.